The Kier molecular flexibility index (Phi) is 14.2. The van der Waals surface area contributed by atoms with Crippen LogP contribution in [0.2, 0.25) is 0 Å². The SMILES string of the molecule is CC.CC.CN(C)C(=O)c1cccc(Cc2cc(CN)ncn2)c1.[B]. The van der Waals surface area contributed by atoms with Crippen molar-refractivity contribution in [3.8, 4) is 0 Å². The van der Waals surface area contributed by atoms with Gasteiger partial charge in [-0.15, -0.1) is 0 Å². The third-order valence-corrected chi connectivity index (χ3v) is 2.95. The van der Waals surface area contributed by atoms with Gasteiger partial charge < -0.3 is 10.6 Å². The molecule has 25 heavy (non-hydrogen) atoms. The Morgan fingerprint density at radius 2 is 1.64 bits per heavy atom. The molecule has 1 aromatic heterocycles. The molecule has 3 radical (unpaired) electrons. The molecule has 0 unspecified atom stereocenters. The number of aromatic nitrogens is 2. The van der Waals surface area contributed by atoms with Gasteiger partial charge in [0.05, 0.1) is 5.69 Å². The lowest BCUT2D eigenvalue weighted by Gasteiger charge is -2.11. The first-order chi connectivity index (χ1) is 11.6. The highest BCUT2D eigenvalue weighted by Gasteiger charge is 2.08. The molecule has 0 aliphatic rings. The van der Waals surface area contributed by atoms with E-state index in [1.54, 1.807) is 19.0 Å². The van der Waals surface area contributed by atoms with Crippen LogP contribution >= 0.6 is 0 Å². The number of hydrogen-bond donors (Lipinski definition) is 1. The molecule has 6 heteroatoms. The van der Waals surface area contributed by atoms with Crippen molar-refractivity contribution in [3.63, 3.8) is 0 Å². The molecule has 2 N–H and O–H groups in total. The fourth-order valence-electron chi connectivity index (χ4n) is 1.93. The highest BCUT2D eigenvalue weighted by Crippen LogP contribution is 2.11. The Morgan fingerprint density at radius 3 is 2.20 bits per heavy atom. The van der Waals surface area contributed by atoms with E-state index in [0.29, 0.717) is 18.5 Å². The third kappa shape index (κ3) is 8.45. The first kappa shape index (κ1) is 25.0. The Morgan fingerprint density at radius 1 is 1.04 bits per heavy atom. The Bertz CT molecular complexity index is 618. The monoisotopic (exact) mass is 341 g/mol. The van der Waals surface area contributed by atoms with Gasteiger partial charge in [0.25, 0.3) is 5.91 Å². The summed E-state index contributed by atoms with van der Waals surface area (Å²) in [5, 5.41) is 0. The number of hydrogen-bond acceptors (Lipinski definition) is 4. The van der Waals surface area contributed by atoms with Gasteiger partial charge in [-0.05, 0) is 23.8 Å². The van der Waals surface area contributed by atoms with Crippen LogP contribution in [-0.2, 0) is 13.0 Å². The zero-order valence-electron chi connectivity index (χ0n) is 16.3. The van der Waals surface area contributed by atoms with Crippen molar-refractivity contribution in [1.82, 2.24) is 14.9 Å². The lowest BCUT2D eigenvalue weighted by atomic mass is 10.1. The van der Waals surface area contributed by atoms with Gasteiger partial charge in [0.15, 0.2) is 0 Å². The van der Waals surface area contributed by atoms with E-state index in [2.05, 4.69) is 9.97 Å². The molecule has 0 saturated heterocycles. The normalized spacial score (nSPS) is 8.76. The van der Waals surface area contributed by atoms with Gasteiger partial charge >= 0.3 is 0 Å². The fraction of sp³-hybridized carbons (Fsp3) is 0.421. The van der Waals surface area contributed by atoms with Crippen LogP contribution in [0.5, 0.6) is 0 Å². The standard InChI is InChI=1S/C15H18N4O.2C2H6.B/c1-19(2)15(20)12-5-3-4-11(6-12)7-13-8-14(9-16)18-10-17-13;2*1-2;/h3-6,8,10H,7,9,16H2,1-2H3;2*1-2H3;. The van der Waals surface area contributed by atoms with Crippen LogP contribution in [0.15, 0.2) is 36.7 Å². The van der Waals surface area contributed by atoms with Gasteiger partial charge in [0.2, 0.25) is 0 Å². The molecule has 0 spiro atoms. The highest BCUT2D eigenvalue weighted by atomic mass is 16.2. The second-order valence-corrected chi connectivity index (χ2v) is 4.78. The average molecular weight is 341 g/mol. The first-order valence-corrected chi connectivity index (χ1v) is 8.40. The van der Waals surface area contributed by atoms with E-state index in [-0.39, 0.29) is 14.3 Å². The molecule has 1 aromatic carbocycles. The van der Waals surface area contributed by atoms with Crippen LogP contribution in [0.3, 0.4) is 0 Å². The topological polar surface area (TPSA) is 72.1 Å². The van der Waals surface area contributed by atoms with Gasteiger partial charge in [-0.25, -0.2) is 9.97 Å². The number of nitrogens with zero attached hydrogens (tertiary/aromatic N) is 3. The average Bonchev–Trinajstić information content (AvgIpc) is 2.64. The summed E-state index contributed by atoms with van der Waals surface area (Å²) >= 11 is 0. The molecule has 5 nitrogen and oxygen atoms in total. The number of amides is 1. The van der Waals surface area contributed by atoms with Crippen molar-refractivity contribution in [3.05, 3.63) is 59.2 Å². The van der Waals surface area contributed by atoms with Crippen molar-refractivity contribution in [2.45, 2.75) is 40.7 Å². The van der Waals surface area contributed by atoms with Gasteiger partial charge in [-0.1, -0.05) is 39.8 Å². The number of benzene rings is 1. The van der Waals surface area contributed by atoms with Gasteiger partial charge in [-0.2, -0.15) is 0 Å². The van der Waals surface area contributed by atoms with Crippen LogP contribution in [0, 0.1) is 0 Å². The summed E-state index contributed by atoms with van der Waals surface area (Å²) in [6.45, 7) is 8.40. The van der Waals surface area contributed by atoms with Gasteiger partial charge in [0, 0.05) is 46.7 Å². The summed E-state index contributed by atoms with van der Waals surface area (Å²) in [4.78, 5) is 21.8. The van der Waals surface area contributed by atoms with Crippen LogP contribution < -0.4 is 5.73 Å². The van der Waals surface area contributed by atoms with E-state index in [0.717, 1.165) is 17.0 Å². The summed E-state index contributed by atoms with van der Waals surface area (Å²) in [7, 11) is 3.49. The van der Waals surface area contributed by atoms with E-state index in [1.165, 1.54) is 6.33 Å². The fourth-order valence-corrected chi connectivity index (χ4v) is 1.93. The summed E-state index contributed by atoms with van der Waals surface area (Å²) in [5.74, 6) is -0.00261. The molecule has 2 aromatic rings. The van der Waals surface area contributed by atoms with E-state index in [1.807, 2.05) is 58.0 Å². The summed E-state index contributed by atoms with van der Waals surface area (Å²) in [6.07, 6.45) is 2.18. The molecule has 1 heterocycles. The minimum absolute atomic E-state index is 0. The van der Waals surface area contributed by atoms with Crippen molar-refractivity contribution < 1.29 is 4.79 Å². The largest absolute Gasteiger partial charge is 0.345 e. The number of carbonyl (C=O) groups is 1. The second-order valence-electron chi connectivity index (χ2n) is 4.78. The highest BCUT2D eigenvalue weighted by molar-refractivity contribution is 5.94. The smallest absolute Gasteiger partial charge is 0.253 e. The van der Waals surface area contributed by atoms with Gasteiger partial charge in [0.1, 0.15) is 6.33 Å². The molecule has 2 rings (SSSR count). The van der Waals surface area contributed by atoms with Crippen molar-refractivity contribution >= 4 is 14.3 Å². The maximum atomic E-state index is 11.9. The van der Waals surface area contributed by atoms with Crippen molar-refractivity contribution in [1.29, 1.82) is 0 Å². The maximum Gasteiger partial charge on any atom is 0.253 e. The van der Waals surface area contributed by atoms with E-state index >= 15 is 0 Å². The zero-order valence-corrected chi connectivity index (χ0v) is 16.3. The van der Waals surface area contributed by atoms with Crippen LogP contribution in [0.25, 0.3) is 0 Å². The maximum absolute atomic E-state index is 11.9. The Hall–Kier alpha value is -2.21. The predicted molar refractivity (Wildman–Crippen MR) is 106 cm³/mol. The predicted octanol–water partition coefficient (Wildman–Crippen LogP) is 2.90. The van der Waals surface area contributed by atoms with Crippen molar-refractivity contribution in [2.75, 3.05) is 14.1 Å². The molecule has 1 amide bonds. The molecule has 0 aliphatic heterocycles. The first-order valence-electron chi connectivity index (χ1n) is 8.40. The molecule has 135 valence electrons. The molecular formula is C19H30BN4O. The quantitative estimate of drug-likeness (QED) is 0.868. The van der Waals surface area contributed by atoms with Crippen LogP contribution in [0.1, 0.15) is 55.0 Å². The number of rotatable bonds is 4. The van der Waals surface area contributed by atoms with Gasteiger partial charge in [-0.3, -0.25) is 4.79 Å². The summed E-state index contributed by atoms with van der Waals surface area (Å²) < 4.78 is 0. The van der Waals surface area contributed by atoms with Crippen LogP contribution in [0.4, 0.5) is 0 Å². The number of carbonyl (C=O) groups excluding carboxylic acids is 1. The molecule has 0 saturated carbocycles. The summed E-state index contributed by atoms with van der Waals surface area (Å²) in [5.41, 5.74) is 9.00. The molecule has 0 atom stereocenters. The van der Waals surface area contributed by atoms with E-state index in [9.17, 15) is 4.79 Å². The third-order valence-electron chi connectivity index (χ3n) is 2.95. The van der Waals surface area contributed by atoms with Crippen molar-refractivity contribution in [2.24, 2.45) is 5.73 Å². The lowest BCUT2D eigenvalue weighted by molar-refractivity contribution is 0.0827. The molecule has 0 fully saturated rings. The molecule has 0 aliphatic carbocycles. The Labute approximate surface area is 154 Å². The van der Waals surface area contributed by atoms with E-state index < -0.39 is 0 Å². The summed E-state index contributed by atoms with van der Waals surface area (Å²) in [6, 6.07) is 9.47. The van der Waals surface area contributed by atoms with Crippen LogP contribution in [-0.4, -0.2) is 43.3 Å². The lowest BCUT2D eigenvalue weighted by Crippen LogP contribution is -2.21. The Balaban J connectivity index is 0. The van der Waals surface area contributed by atoms with E-state index in [4.69, 9.17) is 5.73 Å². The minimum atomic E-state index is -0.00261. The molecular weight excluding hydrogens is 311 g/mol. The zero-order chi connectivity index (χ0) is 18.5. The molecule has 0 bridgehead atoms. The second kappa shape index (κ2) is 14.2. The minimum Gasteiger partial charge on any atom is -0.345 e. The number of nitrogens with two attached hydrogens (primary N) is 1.